The Balaban J connectivity index is 1.45. The molecule has 0 unspecified atom stereocenters. The molecule has 1 amide bonds. The Labute approximate surface area is 192 Å². The van der Waals surface area contributed by atoms with Crippen LogP contribution in [0.1, 0.15) is 18.7 Å². The SMILES string of the molecule is CN(C)C(=O)C(C)(C)N1CCN(Cc2cc3nc(Cl)nc(N4CCOCC4)c3s2)CC1. The molecule has 4 rings (SSSR count). The molecule has 2 saturated heterocycles. The fraction of sp³-hybridized carbons (Fsp3) is 0.667. The maximum absolute atomic E-state index is 12.6. The van der Waals surface area contributed by atoms with Crippen molar-refractivity contribution in [3.05, 3.63) is 16.2 Å². The Morgan fingerprint density at radius 1 is 1.16 bits per heavy atom. The molecule has 0 aromatic carbocycles. The van der Waals surface area contributed by atoms with Gasteiger partial charge in [-0.15, -0.1) is 11.3 Å². The van der Waals surface area contributed by atoms with Gasteiger partial charge in [0.25, 0.3) is 0 Å². The highest BCUT2D eigenvalue weighted by molar-refractivity contribution is 7.19. The van der Waals surface area contributed by atoms with Crippen LogP contribution in [-0.2, 0) is 16.1 Å². The number of ether oxygens (including phenoxy) is 1. The standard InChI is InChI=1S/C21H31ClN6O2S/c1-21(2,19(29)25(3)4)28-7-5-26(6-8-28)14-15-13-16-17(31-15)18(24-20(22)23-16)27-9-11-30-12-10-27/h13H,5-12,14H2,1-4H3. The minimum atomic E-state index is -0.480. The first kappa shape index (κ1) is 22.7. The molecule has 0 N–H and O–H groups in total. The number of rotatable bonds is 5. The zero-order chi connectivity index (χ0) is 22.2. The van der Waals surface area contributed by atoms with E-state index in [9.17, 15) is 4.79 Å². The van der Waals surface area contributed by atoms with Crippen LogP contribution in [0.3, 0.4) is 0 Å². The number of carbonyl (C=O) groups excluding carboxylic acids is 1. The summed E-state index contributed by atoms with van der Waals surface area (Å²) in [6.07, 6.45) is 0. The van der Waals surface area contributed by atoms with Crippen LogP contribution in [0.25, 0.3) is 10.2 Å². The van der Waals surface area contributed by atoms with Crippen molar-refractivity contribution in [2.24, 2.45) is 0 Å². The summed E-state index contributed by atoms with van der Waals surface area (Å²) in [7, 11) is 3.64. The van der Waals surface area contributed by atoms with E-state index in [-0.39, 0.29) is 5.91 Å². The number of halogens is 1. The highest BCUT2D eigenvalue weighted by Crippen LogP contribution is 2.34. The number of anilines is 1. The second-order valence-electron chi connectivity index (χ2n) is 8.86. The summed E-state index contributed by atoms with van der Waals surface area (Å²) in [5.41, 5.74) is 0.435. The molecular formula is C21H31ClN6O2S. The highest BCUT2D eigenvalue weighted by atomic mass is 35.5. The second-order valence-corrected chi connectivity index (χ2v) is 10.3. The predicted octanol–water partition coefficient (Wildman–Crippen LogP) is 2.17. The largest absolute Gasteiger partial charge is 0.378 e. The Bertz CT molecular complexity index is 935. The van der Waals surface area contributed by atoms with E-state index in [1.165, 1.54) is 4.88 Å². The molecule has 0 saturated carbocycles. The summed E-state index contributed by atoms with van der Waals surface area (Å²) in [6, 6.07) is 2.14. The van der Waals surface area contributed by atoms with Crippen molar-refractivity contribution in [1.29, 1.82) is 0 Å². The van der Waals surface area contributed by atoms with Crippen molar-refractivity contribution in [2.45, 2.75) is 25.9 Å². The fourth-order valence-electron chi connectivity index (χ4n) is 4.37. The van der Waals surface area contributed by atoms with Gasteiger partial charge in [0, 0.05) is 64.8 Å². The molecule has 0 radical (unpaired) electrons. The number of fused-ring (bicyclic) bond motifs is 1. The topological polar surface area (TPSA) is 65.0 Å². The summed E-state index contributed by atoms with van der Waals surface area (Å²) < 4.78 is 6.58. The summed E-state index contributed by atoms with van der Waals surface area (Å²) in [4.78, 5) is 31.5. The lowest BCUT2D eigenvalue weighted by Crippen LogP contribution is -2.60. The van der Waals surface area contributed by atoms with Gasteiger partial charge in [-0.05, 0) is 31.5 Å². The number of hydrogen-bond donors (Lipinski definition) is 0. The number of hydrogen-bond acceptors (Lipinski definition) is 8. The monoisotopic (exact) mass is 466 g/mol. The van der Waals surface area contributed by atoms with Crippen molar-refractivity contribution in [3.8, 4) is 0 Å². The molecular weight excluding hydrogens is 436 g/mol. The van der Waals surface area contributed by atoms with Crippen molar-refractivity contribution in [3.63, 3.8) is 0 Å². The molecule has 8 nitrogen and oxygen atoms in total. The second kappa shape index (κ2) is 9.15. The minimum absolute atomic E-state index is 0.150. The van der Waals surface area contributed by atoms with Gasteiger partial charge < -0.3 is 14.5 Å². The van der Waals surface area contributed by atoms with Gasteiger partial charge in [0.2, 0.25) is 11.2 Å². The molecule has 2 aliphatic heterocycles. The van der Waals surface area contributed by atoms with E-state index in [0.29, 0.717) is 18.5 Å². The number of likely N-dealkylation sites (N-methyl/N-ethyl adjacent to an activating group) is 1. The maximum Gasteiger partial charge on any atom is 0.242 e. The highest BCUT2D eigenvalue weighted by Gasteiger charge is 2.37. The first-order chi connectivity index (χ1) is 14.8. The van der Waals surface area contributed by atoms with Gasteiger partial charge in [0.1, 0.15) is 0 Å². The third-order valence-corrected chi connectivity index (χ3v) is 7.43. The molecule has 0 aliphatic carbocycles. The predicted molar refractivity (Wildman–Crippen MR) is 125 cm³/mol. The van der Waals surface area contributed by atoms with E-state index in [1.807, 2.05) is 27.9 Å². The molecule has 2 aliphatic rings. The quantitative estimate of drug-likeness (QED) is 0.625. The van der Waals surface area contributed by atoms with E-state index in [2.05, 4.69) is 30.7 Å². The van der Waals surface area contributed by atoms with E-state index >= 15 is 0 Å². The van der Waals surface area contributed by atoms with Crippen LogP contribution in [0.4, 0.5) is 5.82 Å². The number of amides is 1. The molecule has 2 fully saturated rings. The molecule has 0 atom stereocenters. The zero-order valence-electron chi connectivity index (χ0n) is 18.7. The third-order valence-electron chi connectivity index (χ3n) is 6.16. The average molecular weight is 467 g/mol. The third kappa shape index (κ3) is 4.80. The molecule has 4 heterocycles. The van der Waals surface area contributed by atoms with Crippen molar-refractivity contribution in [1.82, 2.24) is 24.7 Å². The van der Waals surface area contributed by atoms with Crippen LogP contribution in [0.2, 0.25) is 5.28 Å². The number of aromatic nitrogens is 2. The van der Waals surface area contributed by atoms with Crippen LogP contribution in [-0.4, -0.2) is 103 Å². The van der Waals surface area contributed by atoms with Crippen LogP contribution in [0.5, 0.6) is 0 Å². The van der Waals surface area contributed by atoms with Crippen LogP contribution in [0, 0.1) is 0 Å². The molecule has 31 heavy (non-hydrogen) atoms. The molecule has 10 heteroatoms. The van der Waals surface area contributed by atoms with E-state index in [0.717, 1.165) is 61.8 Å². The molecule has 2 aromatic heterocycles. The van der Waals surface area contributed by atoms with Gasteiger partial charge in [-0.1, -0.05) is 0 Å². The lowest BCUT2D eigenvalue weighted by atomic mass is 9.99. The van der Waals surface area contributed by atoms with Crippen molar-refractivity contribution in [2.75, 3.05) is 71.5 Å². The lowest BCUT2D eigenvalue weighted by Gasteiger charge is -2.43. The normalized spacial score (nSPS) is 19.2. The molecule has 2 aromatic rings. The van der Waals surface area contributed by atoms with Crippen molar-refractivity contribution < 1.29 is 9.53 Å². The summed E-state index contributed by atoms with van der Waals surface area (Å²) in [6.45, 7) is 11.6. The van der Waals surface area contributed by atoms with Crippen molar-refractivity contribution >= 4 is 44.9 Å². The first-order valence-electron chi connectivity index (χ1n) is 10.7. The van der Waals surface area contributed by atoms with Crippen LogP contribution in [0.15, 0.2) is 6.07 Å². The molecule has 170 valence electrons. The number of carbonyl (C=O) groups is 1. The van der Waals surface area contributed by atoms with E-state index in [1.54, 1.807) is 16.2 Å². The zero-order valence-corrected chi connectivity index (χ0v) is 20.3. The summed E-state index contributed by atoms with van der Waals surface area (Å²) in [5, 5.41) is 0.291. The number of piperazine rings is 1. The number of morpholine rings is 1. The molecule has 0 bridgehead atoms. The maximum atomic E-state index is 12.6. The fourth-order valence-corrected chi connectivity index (χ4v) is 5.70. The van der Waals surface area contributed by atoms with E-state index in [4.69, 9.17) is 16.3 Å². The Morgan fingerprint density at radius 2 is 1.84 bits per heavy atom. The Morgan fingerprint density at radius 3 is 2.48 bits per heavy atom. The number of thiophene rings is 1. The lowest BCUT2D eigenvalue weighted by molar-refractivity contribution is -0.141. The van der Waals surface area contributed by atoms with Gasteiger partial charge in [-0.3, -0.25) is 14.6 Å². The summed E-state index contributed by atoms with van der Waals surface area (Å²) in [5.74, 6) is 1.07. The van der Waals surface area contributed by atoms with Crippen LogP contribution >= 0.6 is 22.9 Å². The van der Waals surface area contributed by atoms with Gasteiger partial charge in [0.05, 0.1) is 29.0 Å². The van der Waals surface area contributed by atoms with Gasteiger partial charge in [0.15, 0.2) is 5.82 Å². The summed E-state index contributed by atoms with van der Waals surface area (Å²) >= 11 is 7.98. The Hall–Kier alpha value is -1.52. The minimum Gasteiger partial charge on any atom is -0.378 e. The van der Waals surface area contributed by atoms with Crippen LogP contribution < -0.4 is 4.90 Å². The molecule has 0 spiro atoms. The Kier molecular flexibility index (Phi) is 6.69. The average Bonchev–Trinajstić information content (AvgIpc) is 3.15. The van der Waals surface area contributed by atoms with Gasteiger partial charge in [-0.25, -0.2) is 4.98 Å². The first-order valence-corrected chi connectivity index (χ1v) is 11.9. The smallest absolute Gasteiger partial charge is 0.242 e. The van der Waals surface area contributed by atoms with E-state index < -0.39 is 5.54 Å². The number of nitrogens with zero attached hydrogens (tertiary/aromatic N) is 6. The van der Waals surface area contributed by atoms with Gasteiger partial charge in [-0.2, -0.15) is 4.98 Å². The van der Waals surface area contributed by atoms with Gasteiger partial charge >= 0.3 is 0 Å².